The predicted octanol–water partition coefficient (Wildman–Crippen LogP) is 3.11. The average Bonchev–Trinajstić information content (AvgIpc) is 2.77. The predicted molar refractivity (Wildman–Crippen MR) is 74.1 cm³/mol. The number of hydrogen-bond acceptors (Lipinski definition) is 3. The molecule has 1 aliphatic rings. The molecule has 0 aliphatic carbocycles. The van der Waals surface area contributed by atoms with Crippen molar-refractivity contribution < 1.29 is 9.53 Å². The van der Waals surface area contributed by atoms with Gasteiger partial charge >= 0.3 is 6.09 Å². The van der Waals surface area contributed by atoms with Crippen molar-refractivity contribution in [3.05, 3.63) is 29.6 Å². The van der Waals surface area contributed by atoms with Gasteiger partial charge in [0, 0.05) is 30.9 Å². The molecule has 1 aromatic rings. The van der Waals surface area contributed by atoms with E-state index in [9.17, 15) is 4.79 Å². The monoisotopic (exact) mass is 262 g/mol. The first-order valence-corrected chi connectivity index (χ1v) is 6.75. The maximum Gasteiger partial charge on any atom is 0.410 e. The Kier molecular flexibility index (Phi) is 3.78. The summed E-state index contributed by atoms with van der Waals surface area (Å²) in [7, 11) is 0. The zero-order valence-electron chi connectivity index (χ0n) is 12.1. The fraction of sp³-hybridized carbons (Fsp3) is 0.600. The molecule has 0 radical (unpaired) electrons. The first kappa shape index (κ1) is 13.8. The van der Waals surface area contributed by atoms with Gasteiger partial charge in [-0.25, -0.2) is 4.79 Å². The Bertz CT molecular complexity index is 448. The van der Waals surface area contributed by atoms with Crippen LogP contribution in [0.15, 0.2) is 18.3 Å². The number of pyridine rings is 1. The van der Waals surface area contributed by atoms with E-state index in [1.54, 1.807) is 4.90 Å². The molecular formula is C15H22N2O2. The van der Waals surface area contributed by atoms with Crippen molar-refractivity contribution in [2.75, 3.05) is 13.1 Å². The third kappa shape index (κ3) is 3.69. The van der Waals surface area contributed by atoms with E-state index in [1.807, 2.05) is 40.0 Å². The molecule has 0 saturated carbocycles. The molecule has 1 aromatic heterocycles. The van der Waals surface area contributed by atoms with Gasteiger partial charge in [-0.3, -0.25) is 4.98 Å². The Hall–Kier alpha value is -1.58. The first-order valence-electron chi connectivity index (χ1n) is 6.75. The van der Waals surface area contributed by atoms with E-state index in [2.05, 4.69) is 11.1 Å². The second-order valence-electron chi connectivity index (χ2n) is 6.14. The van der Waals surface area contributed by atoms with Crippen LogP contribution in [0.1, 0.15) is 44.4 Å². The number of amides is 1. The van der Waals surface area contributed by atoms with E-state index < -0.39 is 5.60 Å². The fourth-order valence-electron chi connectivity index (χ4n) is 2.25. The summed E-state index contributed by atoms with van der Waals surface area (Å²) in [6.45, 7) is 9.13. The van der Waals surface area contributed by atoms with E-state index >= 15 is 0 Å². The minimum Gasteiger partial charge on any atom is -0.444 e. The number of aromatic nitrogens is 1. The van der Waals surface area contributed by atoms with Gasteiger partial charge in [0.15, 0.2) is 0 Å². The second kappa shape index (κ2) is 5.19. The Morgan fingerprint density at radius 1 is 1.42 bits per heavy atom. The molecule has 1 amide bonds. The Morgan fingerprint density at radius 3 is 2.74 bits per heavy atom. The van der Waals surface area contributed by atoms with Crippen LogP contribution in [0.4, 0.5) is 4.79 Å². The second-order valence-corrected chi connectivity index (χ2v) is 6.14. The average molecular weight is 262 g/mol. The van der Waals surface area contributed by atoms with Crippen LogP contribution in [0.2, 0.25) is 0 Å². The van der Waals surface area contributed by atoms with Gasteiger partial charge in [-0.2, -0.15) is 0 Å². The molecule has 0 aromatic carbocycles. The van der Waals surface area contributed by atoms with E-state index in [1.165, 1.54) is 5.56 Å². The number of carbonyl (C=O) groups excluding carboxylic acids is 1. The highest BCUT2D eigenvalue weighted by Crippen LogP contribution is 2.27. The standard InChI is InChI=1S/C15H22N2O2/c1-11-5-6-12(9-16-11)13-7-8-17(10-13)14(18)19-15(2,3)4/h5-6,9,13H,7-8,10H2,1-4H3. The van der Waals surface area contributed by atoms with Crippen molar-refractivity contribution in [1.29, 1.82) is 0 Å². The lowest BCUT2D eigenvalue weighted by molar-refractivity contribution is 0.0292. The van der Waals surface area contributed by atoms with E-state index in [-0.39, 0.29) is 6.09 Å². The van der Waals surface area contributed by atoms with Crippen LogP contribution in [0.5, 0.6) is 0 Å². The summed E-state index contributed by atoms with van der Waals surface area (Å²) in [5.74, 6) is 0.376. The SMILES string of the molecule is Cc1ccc(C2CCN(C(=O)OC(C)(C)C)C2)cn1. The third-order valence-electron chi connectivity index (χ3n) is 3.25. The molecule has 19 heavy (non-hydrogen) atoms. The number of carbonyl (C=O) groups is 1. The van der Waals surface area contributed by atoms with Crippen molar-refractivity contribution in [2.45, 2.75) is 45.6 Å². The lowest BCUT2D eigenvalue weighted by atomic mass is 10.0. The van der Waals surface area contributed by atoms with E-state index in [0.29, 0.717) is 5.92 Å². The number of nitrogens with zero attached hydrogens (tertiary/aromatic N) is 2. The molecule has 104 valence electrons. The zero-order valence-corrected chi connectivity index (χ0v) is 12.1. The Labute approximate surface area is 114 Å². The van der Waals surface area contributed by atoms with E-state index in [4.69, 9.17) is 4.74 Å². The minimum atomic E-state index is -0.430. The van der Waals surface area contributed by atoms with Crippen LogP contribution in [-0.4, -0.2) is 34.7 Å². The summed E-state index contributed by atoms with van der Waals surface area (Å²) in [5.41, 5.74) is 1.79. The zero-order chi connectivity index (χ0) is 14.0. The van der Waals surface area contributed by atoms with Crippen molar-refractivity contribution in [1.82, 2.24) is 9.88 Å². The molecule has 4 heteroatoms. The third-order valence-corrected chi connectivity index (χ3v) is 3.25. The van der Waals surface area contributed by atoms with Gasteiger partial charge in [0.25, 0.3) is 0 Å². The molecule has 2 heterocycles. The summed E-state index contributed by atoms with van der Waals surface area (Å²) >= 11 is 0. The summed E-state index contributed by atoms with van der Waals surface area (Å²) in [6.07, 6.45) is 2.68. The quantitative estimate of drug-likeness (QED) is 0.781. The summed E-state index contributed by atoms with van der Waals surface area (Å²) < 4.78 is 5.40. The van der Waals surface area contributed by atoms with Gasteiger partial charge in [0.2, 0.25) is 0 Å². The fourth-order valence-corrected chi connectivity index (χ4v) is 2.25. The lowest BCUT2D eigenvalue weighted by Gasteiger charge is -2.24. The highest BCUT2D eigenvalue weighted by Gasteiger charge is 2.30. The van der Waals surface area contributed by atoms with Gasteiger partial charge in [0.05, 0.1) is 0 Å². The molecule has 0 bridgehead atoms. The molecule has 1 aliphatic heterocycles. The normalized spacial score (nSPS) is 19.6. The largest absolute Gasteiger partial charge is 0.444 e. The van der Waals surface area contributed by atoms with Crippen molar-refractivity contribution in [3.8, 4) is 0 Å². The van der Waals surface area contributed by atoms with Gasteiger partial charge < -0.3 is 9.64 Å². The lowest BCUT2D eigenvalue weighted by Crippen LogP contribution is -2.35. The number of hydrogen-bond donors (Lipinski definition) is 0. The van der Waals surface area contributed by atoms with E-state index in [0.717, 1.165) is 25.2 Å². The summed E-state index contributed by atoms with van der Waals surface area (Å²) in [4.78, 5) is 18.1. The Morgan fingerprint density at radius 2 is 2.16 bits per heavy atom. The van der Waals surface area contributed by atoms with Crippen molar-refractivity contribution >= 4 is 6.09 Å². The minimum absolute atomic E-state index is 0.213. The maximum atomic E-state index is 12.0. The summed E-state index contributed by atoms with van der Waals surface area (Å²) in [6, 6.07) is 4.12. The summed E-state index contributed by atoms with van der Waals surface area (Å²) in [5, 5.41) is 0. The highest BCUT2D eigenvalue weighted by molar-refractivity contribution is 5.68. The van der Waals surface area contributed by atoms with Crippen molar-refractivity contribution in [2.24, 2.45) is 0 Å². The van der Waals surface area contributed by atoms with Gasteiger partial charge in [-0.05, 0) is 45.7 Å². The number of rotatable bonds is 1. The van der Waals surface area contributed by atoms with Crippen LogP contribution >= 0.6 is 0 Å². The number of aryl methyl sites for hydroxylation is 1. The van der Waals surface area contributed by atoms with Crippen LogP contribution in [-0.2, 0) is 4.74 Å². The number of likely N-dealkylation sites (tertiary alicyclic amines) is 1. The van der Waals surface area contributed by atoms with Gasteiger partial charge in [-0.15, -0.1) is 0 Å². The topological polar surface area (TPSA) is 42.4 Å². The Balaban J connectivity index is 1.96. The molecule has 1 saturated heterocycles. The first-order chi connectivity index (χ1) is 8.85. The molecule has 1 unspecified atom stereocenters. The van der Waals surface area contributed by atoms with Crippen LogP contribution in [0.25, 0.3) is 0 Å². The molecule has 4 nitrogen and oxygen atoms in total. The molecular weight excluding hydrogens is 240 g/mol. The maximum absolute atomic E-state index is 12.0. The molecule has 1 atom stereocenters. The molecule has 2 rings (SSSR count). The molecule has 1 fully saturated rings. The van der Waals surface area contributed by atoms with Gasteiger partial charge in [-0.1, -0.05) is 6.07 Å². The number of ether oxygens (including phenoxy) is 1. The van der Waals surface area contributed by atoms with Crippen LogP contribution in [0, 0.1) is 6.92 Å². The highest BCUT2D eigenvalue weighted by atomic mass is 16.6. The van der Waals surface area contributed by atoms with Crippen LogP contribution < -0.4 is 0 Å². The smallest absolute Gasteiger partial charge is 0.410 e. The molecule has 0 spiro atoms. The molecule has 0 N–H and O–H groups in total. The van der Waals surface area contributed by atoms with Crippen molar-refractivity contribution in [3.63, 3.8) is 0 Å². The van der Waals surface area contributed by atoms with Gasteiger partial charge in [0.1, 0.15) is 5.60 Å². The van der Waals surface area contributed by atoms with Crippen LogP contribution in [0.3, 0.4) is 0 Å².